The van der Waals surface area contributed by atoms with E-state index in [4.69, 9.17) is 14.2 Å². The molecule has 1 N–H and O–H groups in total. The Morgan fingerprint density at radius 3 is 2.19 bits per heavy atom. The number of likely N-dealkylation sites (tertiary alicyclic amines) is 1. The lowest BCUT2D eigenvalue weighted by molar-refractivity contribution is -0.140. The van der Waals surface area contributed by atoms with Crippen LogP contribution in [0.3, 0.4) is 0 Å². The molecule has 1 aliphatic heterocycles. The van der Waals surface area contributed by atoms with Crippen molar-refractivity contribution in [2.45, 2.75) is 6.04 Å². The molecule has 2 aromatic rings. The van der Waals surface area contributed by atoms with Gasteiger partial charge in [0.15, 0.2) is 11.5 Å². The van der Waals surface area contributed by atoms with E-state index in [0.717, 1.165) is 0 Å². The van der Waals surface area contributed by atoms with E-state index in [2.05, 4.69) is 0 Å². The standard InChI is InChI=1S/C24H28N2O6/c1-25(2)12-13-26-21(15-6-9-17(30-3)10-7-15)20(23(28)24(26)29)22(27)16-8-11-18(31-4)19(14-16)32-5/h6-11,14,21,27H,12-13H2,1-5H3/t21-/m0/s1. The fourth-order valence-electron chi connectivity index (χ4n) is 3.69. The summed E-state index contributed by atoms with van der Waals surface area (Å²) in [5.41, 5.74) is 1.09. The van der Waals surface area contributed by atoms with Gasteiger partial charge in [0.1, 0.15) is 11.5 Å². The van der Waals surface area contributed by atoms with Crippen molar-refractivity contribution in [1.82, 2.24) is 9.80 Å². The van der Waals surface area contributed by atoms with Gasteiger partial charge < -0.3 is 29.1 Å². The van der Waals surface area contributed by atoms with Crippen LogP contribution in [-0.4, -0.2) is 75.1 Å². The molecule has 1 fully saturated rings. The number of hydrogen-bond acceptors (Lipinski definition) is 7. The first-order chi connectivity index (χ1) is 15.3. The number of likely N-dealkylation sites (N-methyl/N-ethyl adjacent to an activating group) is 1. The second-order valence-corrected chi connectivity index (χ2v) is 7.64. The molecule has 1 heterocycles. The van der Waals surface area contributed by atoms with Crippen LogP contribution in [0.5, 0.6) is 17.2 Å². The number of amides is 1. The van der Waals surface area contributed by atoms with E-state index < -0.39 is 17.7 Å². The van der Waals surface area contributed by atoms with E-state index in [1.54, 1.807) is 49.6 Å². The summed E-state index contributed by atoms with van der Waals surface area (Å²) in [4.78, 5) is 29.4. The molecule has 8 heteroatoms. The summed E-state index contributed by atoms with van der Waals surface area (Å²) < 4.78 is 15.8. The van der Waals surface area contributed by atoms with Gasteiger partial charge in [-0.3, -0.25) is 9.59 Å². The Balaban J connectivity index is 2.15. The minimum Gasteiger partial charge on any atom is -0.507 e. The molecule has 0 spiro atoms. The molecule has 8 nitrogen and oxygen atoms in total. The normalized spacial score (nSPS) is 17.7. The average molecular weight is 440 g/mol. The van der Waals surface area contributed by atoms with Crippen molar-refractivity contribution in [3.05, 3.63) is 59.2 Å². The summed E-state index contributed by atoms with van der Waals surface area (Å²) in [5, 5.41) is 11.2. The molecule has 3 rings (SSSR count). The number of methoxy groups -OCH3 is 3. The van der Waals surface area contributed by atoms with Crippen molar-refractivity contribution in [3.63, 3.8) is 0 Å². The van der Waals surface area contributed by atoms with Gasteiger partial charge in [0.05, 0.1) is 32.9 Å². The Morgan fingerprint density at radius 1 is 0.969 bits per heavy atom. The van der Waals surface area contributed by atoms with E-state index in [0.29, 0.717) is 41.5 Å². The Kier molecular flexibility index (Phi) is 7.05. The Labute approximate surface area is 187 Å². The number of aliphatic hydroxyl groups excluding tert-OH is 1. The van der Waals surface area contributed by atoms with E-state index in [1.807, 2.05) is 19.0 Å². The highest BCUT2D eigenvalue weighted by molar-refractivity contribution is 6.46. The summed E-state index contributed by atoms with van der Waals surface area (Å²) in [6, 6.07) is 11.2. The number of benzene rings is 2. The van der Waals surface area contributed by atoms with Crippen LogP contribution in [0.2, 0.25) is 0 Å². The predicted molar refractivity (Wildman–Crippen MR) is 120 cm³/mol. The molecule has 0 radical (unpaired) electrons. The highest BCUT2D eigenvalue weighted by Gasteiger charge is 2.45. The van der Waals surface area contributed by atoms with Gasteiger partial charge in [-0.2, -0.15) is 0 Å². The molecule has 1 amide bonds. The molecule has 170 valence electrons. The van der Waals surface area contributed by atoms with Crippen LogP contribution < -0.4 is 14.2 Å². The second kappa shape index (κ2) is 9.74. The number of carbonyl (C=O) groups is 2. The van der Waals surface area contributed by atoms with Crippen LogP contribution in [0.25, 0.3) is 5.76 Å². The van der Waals surface area contributed by atoms with Crippen molar-refractivity contribution in [3.8, 4) is 17.2 Å². The third-order valence-electron chi connectivity index (χ3n) is 5.42. The van der Waals surface area contributed by atoms with E-state index in [-0.39, 0.29) is 11.3 Å². The van der Waals surface area contributed by atoms with Crippen LogP contribution in [0.4, 0.5) is 0 Å². The van der Waals surface area contributed by atoms with Crippen LogP contribution in [0, 0.1) is 0 Å². The Hall–Kier alpha value is -3.52. The van der Waals surface area contributed by atoms with Gasteiger partial charge in [-0.25, -0.2) is 0 Å². The van der Waals surface area contributed by atoms with Gasteiger partial charge in [-0.15, -0.1) is 0 Å². The SMILES string of the molecule is COc1ccc([C@H]2C(=C(O)c3ccc(OC)c(OC)c3)C(=O)C(=O)N2CCN(C)C)cc1. The molecule has 2 aromatic carbocycles. The molecule has 1 saturated heterocycles. The van der Waals surface area contributed by atoms with Gasteiger partial charge in [-0.1, -0.05) is 12.1 Å². The Bertz CT molecular complexity index is 1030. The van der Waals surface area contributed by atoms with Gasteiger partial charge in [0, 0.05) is 18.7 Å². The molecular weight excluding hydrogens is 412 g/mol. The average Bonchev–Trinajstić information content (AvgIpc) is 3.06. The second-order valence-electron chi connectivity index (χ2n) is 7.64. The third kappa shape index (κ3) is 4.40. The van der Waals surface area contributed by atoms with Crippen molar-refractivity contribution in [2.75, 3.05) is 48.5 Å². The topological polar surface area (TPSA) is 88.5 Å². The fraction of sp³-hybridized carbons (Fsp3) is 0.333. The number of aliphatic hydroxyl groups is 1. The number of hydrogen-bond donors (Lipinski definition) is 1. The maximum absolute atomic E-state index is 13.1. The molecule has 0 saturated carbocycles. The molecule has 0 aromatic heterocycles. The molecule has 1 atom stereocenters. The number of carbonyl (C=O) groups excluding carboxylic acids is 2. The third-order valence-corrected chi connectivity index (χ3v) is 5.42. The lowest BCUT2D eigenvalue weighted by atomic mass is 9.95. The smallest absolute Gasteiger partial charge is 0.295 e. The monoisotopic (exact) mass is 440 g/mol. The van der Waals surface area contributed by atoms with E-state index in [9.17, 15) is 14.7 Å². The molecule has 0 bridgehead atoms. The van der Waals surface area contributed by atoms with E-state index >= 15 is 0 Å². The summed E-state index contributed by atoms with van der Waals surface area (Å²) in [6.45, 7) is 0.896. The maximum atomic E-state index is 13.1. The minimum absolute atomic E-state index is 0.0335. The minimum atomic E-state index is -0.728. The zero-order valence-corrected chi connectivity index (χ0v) is 18.9. The summed E-state index contributed by atoms with van der Waals surface area (Å²) >= 11 is 0. The van der Waals surface area contributed by atoms with Gasteiger partial charge in [0.25, 0.3) is 11.7 Å². The zero-order chi connectivity index (χ0) is 23.4. The zero-order valence-electron chi connectivity index (χ0n) is 18.9. The summed E-state index contributed by atoms with van der Waals surface area (Å²) in [6.07, 6.45) is 0. The number of nitrogens with zero attached hydrogens (tertiary/aromatic N) is 2. The molecule has 0 aliphatic carbocycles. The predicted octanol–water partition coefficient (Wildman–Crippen LogP) is 2.70. The van der Waals surface area contributed by atoms with E-state index in [1.165, 1.54) is 19.1 Å². The first kappa shape index (κ1) is 23.1. The first-order valence-electron chi connectivity index (χ1n) is 10.1. The summed E-state index contributed by atoms with van der Waals surface area (Å²) in [7, 11) is 8.34. The molecular formula is C24H28N2O6. The summed E-state index contributed by atoms with van der Waals surface area (Å²) in [5.74, 6) is -0.0931. The van der Waals surface area contributed by atoms with Crippen molar-refractivity contribution < 1.29 is 28.9 Å². The highest BCUT2D eigenvalue weighted by atomic mass is 16.5. The van der Waals surface area contributed by atoms with Crippen LogP contribution >= 0.6 is 0 Å². The lowest BCUT2D eigenvalue weighted by Gasteiger charge is -2.26. The quantitative estimate of drug-likeness (QED) is 0.384. The Morgan fingerprint density at radius 2 is 1.62 bits per heavy atom. The van der Waals surface area contributed by atoms with Crippen LogP contribution in [0.15, 0.2) is 48.0 Å². The lowest BCUT2D eigenvalue weighted by Crippen LogP contribution is -2.35. The van der Waals surface area contributed by atoms with Crippen LogP contribution in [-0.2, 0) is 9.59 Å². The van der Waals surface area contributed by atoms with Crippen LogP contribution in [0.1, 0.15) is 17.2 Å². The van der Waals surface area contributed by atoms with Gasteiger partial charge in [0.2, 0.25) is 0 Å². The van der Waals surface area contributed by atoms with Crippen molar-refractivity contribution in [1.29, 1.82) is 0 Å². The molecule has 1 aliphatic rings. The van der Waals surface area contributed by atoms with Gasteiger partial charge >= 0.3 is 0 Å². The number of ether oxygens (including phenoxy) is 3. The number of Topliss-reactive ketones (excluding diaryl/α,β-unsaturated/α-hetero) is 1. The molecule has 0 unspecified atom stereocenters. The first-order valence-corrected chi connectivity index (χ1v) is 10.1. The highest BCUT2D eigenvalue weighted by Crippen LogP contribution is 2.40. The number of rotatable bonds is 8. The van der Waals surface area contributed by atoms with Gasteiger partial charge in [-0.05, 0) is 50.0 Å². The van der Waals surface area contributed by atoms with Crippen molar-refractivity contribution >= 4 is 17.4 Å². The number of ketones is 1. The fourth-order valence-corrected chi connectivity index (χ4v) is 3.69. The largest absolute Gasteiger partial charge is 0.507 e. The molecule has 32 heavy (non-hydrogen) atoms. The van der Waals surface area contributed by atoms with Crippen molar-refractivity contribution in [2.24, 2.45) is 0 Å². The maximum Gasteiger partial charge on any atom is 0.295 e.